The van der Waals surface area contributed by atoms with Gasteiger partial charge < -0.3 is 4.52 Å². The molecule has 2 rings (SSSR count). The molecular formula is C8H10N4OS. The van der Waals surface area contributed by atoms with Crippen LogP contribution in [0.25, 0.3) is 0 Å². The fraction of sp³-hybridized carbons (Fsp3) is 0.375. The molecule has 5 nitrogen and oxygen atoms in total. The second-order valence-corrected chi connectivity index (χ2v) is 3.87. The number of aromatic amines is 1. The molecule has 0 aromatic carbocycles. The second-order valence-electron chi connectivity index (χ2n) is 2.93. The Kier molecular flexibility index (Phi) is 2.53. The van der Waals surface area contributed by atoms with Gasteiger partial charge in [0.2, 0.25) is 5.16 Å². The third-order valence-electron chi connectivity index (χ3n) is 1.60. The van der Waals surface area contributed by atoms with E-state index in [-0.39, 0.29) is 0 Å². The fourth-order valence-corrected chi connectivity index (χ4v) is 1.73. The highest BCUT2D eigenvalue weighted by Gasteiger charge is 2.04. The monoisotopic (exact) mass is 210 g/mol. The van der Waals surface area contributed by atoms with Crippen LogP contribution in [0, 0.1) is 13.8 Å². The van der Waals surface area contributed by atoms with E-state index >= 15 is 0 Å². The summed E-state index contributed by atoms with van der Waals surface area (Å²) in [6, 6.07) is 1.91. The lowest BCUT2D eigenvalue weighted by Gasteiger charge is -1.89. The van der Waals surface area contributed by atoms with Crippen molar-refractivity contribution in [2.24, 2.45) is 0 Å². The minimum Gasteiger partial charge on any atom is -0.360 e. The van der Waals surface area contributed by atoms with Crippen molar-refractivity contribution in [3.05, 3.63) is 23.3 Å². The van der Waals surface area contributed by atoms with Crippen LogP contribution in [0.5, 0.6) is 0 Å². The van der Waals surface area contributed by atoms with Crippen molar-refractivity contribution in [1.82, 2.24) is 20.3 Å². The lowest BCUT2D eigenvalue weighted by atomic mass is 10.4. The number of hydrogen-bond donors (Lipinski definition) is 1. The average molecular weight is 210 g/mol. The van der Waals surface area contributed by atoms with Crippen LogP contribution in [0.1, 0.15) is 17.3 Å². The van der Waals surface area contributed by atoms with Crippen LogP contribution in [0.2, 0.25) is 0 Å². The standard InChI is InChI=1S/C8H10N4OS/c1-5-3-7(13-12-5)4-14-8-9-6(2)10-11-8/h3H,4H2,1-2H3,(H,9,10,11). The SMILES string of the molecule is Cc1cc(CSc2n[nH]c(C)n2)on1. The Hall–Kier alpha value is -1.30. The van der Waals surface area contributed by atoms with E-state index in [1.165, 1.54) is 11.8 Å². The van der Waals surface area contributed by atoms with Gasteiger partial charge in [-0.15, -0.1) is 5.10 Å². The summed E-state index contributed by atoms with van der Waals surface area (Å²) >= 11 is 1.52. The Balaban J connectivity index is 1.94. The van der Waals surface area contributed by atoms with Crippen molar-refractivity contribution in [2.45, 2.75) is 24.8 Å². The van der Waals surface area contributed by atoms with Gasteiger partial charge in [-0.05, 0) is 13.8 Å². The molecule has 74 valence electrons. The van der Waals surface area contributed by atoms with Crippen LogP contribution in [-0.2, 0) is 5.75 Å². The van der Waals surface area contributed by atoms with Crippen molar-refractivity contribution in [1.29, 1.82) is 0 Å². The minimum atomic E-state index is 0.706. The molecule has 0 aliphatic rings. The Bertz CT molecular complexity index is 382. The van der Waals surface area contributed by atoms with Crippen LogP contribution >= 0.6 is 11.8 Å². The van der Waals surface area contributed by atoms with Crippen LogP contribution in [0.3, 0.4) is 0 Å². The molecule has 0 fully saturated rings. The Morgan fingerprint density at radius 2 is 2.36 bits per heavy atom. The van der Waals surface area contributed by atoms with Gasteiger partial charge in [0.15, 0.2) is 0 Å². The molecule has 0 radical (unpaired) electrons. The van der Waals surface area contributed by atoms with Gasteiger partial charge in [0.1, 0.15) is 11.6 Å². The summed E-state index contributed by atoms with van der Waals surface area (Å²) < 4.78 is 5.06. The highest BCUT2D eigenvalue weighted by atomic mass is 32.2. The smallest absolute Gasteiger partial charge is 0.208 e. The molecule has 0 atom stereocenters. The molecule has 0 saturated carbocycles. The van der Waals surface area contributed by atoms with Gasteiger partial charge in [0.05, 0.1) is 11.4 Å². The van der Waals surface area contributed by atoms with Gasteiger partial charge >= 0.3 is 0 Å². The van der Waals surface area contributed by atoms with E-state index in [9.17, 15) is 0 Å². The number of aromatic nitrogens is 4. The van der Waals surface area contributed by atoms with Gasteiger partial charge in [0, 0.05) is 6.07 Å². The number of H-pyrrole nitrogens is 1. The van der Waals surface area contributed by atoms with E-state index in [0.717, 1.165) is 22.4 Å². The highest BCUT2D eigenvalue weighted by molar-refractivity contribution is 7.98. The molecule has 2 heterocycles. The molecule has 6 heteroatoms. The van der Waals surface area contributed by atoms with Crippen LogP contribution in [0.15, 0.2) is 15.7 Å². The zero-order valence-electron chi connectivity index (χ0n) is 7.94. The molecule has 0 spiro atoms. The maximum absolute atomic E-state index is 5.06. The lowest BCUT2D eigenvalue weighted by molar-refractivity contribution is 0.391. The van der Waals surface area contributed by atoms with Crippen molar-refractivity contribution < 1.29 is 4.52 Å². The first-order valence-electron chi connectivity index (χ1n) is 4.18. The van der Waals surface area contributed by atoms with Gasteiger partial charge in [0.25, 0.3) is 0 Å². The first kappa shape index (κ1) is 9.26. The molecule has 0 saturated heterocycles. The molecule has 0 amide bonds. The van der Waals surface area contributed by atoms with Gasteiger partial charge in [-0.25, -0.2) is 4.98 Å². The number of thioether (sulfide) groups is 1. The topological polar surface area (TPSA) is 67.6 Å². The van der Waals surface area contributed by atoms with E-state index in [2.05, 4.69) is 20.3 Å². The Morgan fingerprint density at radius 1 is 1.50 bits per heavy atom. The number of hydrogen-bond acceptors (Lipinski definition) is 5. The van der Waals surface area contributed by atoms with Crippen molar-refractivity contribution >= 4 is 11.8 Å². The summed E-state index contributed by atoms with van der Waals surface area (Å²) in [5.41, 5.74) is 0.895. The van der Waals surface area contributed by atoms with Gasteiger partial charge in [-0.2, -0.15) is 0 Å². The molecular weight excluding hydrogens is 200 g/mol. The van der Waals surface area contributed by atoms with Crippen LogP contribution in [0.4, 0.5) is 0 Å². The summed E-state index contributed by atoms with van der Waals surface area (Å²) in [4.78, 5) is 4.17. The van der Waals surface area contributed by atoms with Crippen molar-refractivity contribution in [3.63, 3.8) is 0 Å². The summed E-state index contributed by atoms with van der Waals surface area (Å²) in [6.45, 7) is 3.77. The van der Waals surface area contributed by atoms with Gasteiger partial charge in [-0.1, -0.05) is 16.9 Å². The highest BCUT2D eigenvalue weighted by Crippen LogP contribution is 2.18. The Morgan fingerprint density at radius 3 is 2.93 bits per heavy atom. The van der Waals surface area contributed by atoms with Crippen molar-refractivity contribution in [3.8, 4) is 0 Å². The summed E-state index contributed by atoms with van der Waals surface area (Å²) in [5, 5.41) is 11.3. The number of aryl methyl sites for hydroxylation is 2. The van der Waals surface area contributed by atoms with E-state index in [1.807, 2.05) is 19.9 Å². The molecule has 14 heavy (non-hydrogen) atoms. The predicted octanol–water partition coefficient (Wildman–Crippen LogP) is 1.70. The quantitative estimate of drug-likeness (QED) is 0.781. The summed E-state index contributed by atoms with van der Waals surface area (Å²) in [5.74, 6) is 2.37. The maximum atomic E-state index is 5.06. The summed E-state index contributed by atoms with van der Waals surface area (Å²) in [6.07, 6.45) is 0. The zero-order valence-corrected chi connectivity index (χ0v) is 8.76. The molecule has 1 N–H and O–H groups in total. The molecule has 0 unspecified atom stereocenters. The third-order valence-corrected chi connectivity index (χ3v) is 2.47. The maximum Gasteiger partial charge on any atom is 0.208 e. The van der Waals surface area contributed by atoms with Crippen LogP contribution in [-0.4, -0.2) is 20.3 Å². The number of rotatable bonds is 3. The second kappa shape index (κ2) is 3.83. The van der Waals surface area contributed by atoms with E-state index in [1.54, 1.807) is 0 Å². The van der Waals surface area contributed by atoms with E-state index in [4.69, 9.17) is 4.52 Å². The number of nitrogens with zero attached hydrogens (tertiary/aromatic N) is 3. The molecule has 0 aliphatic carbocycles. The largest absolute Gasteiger partial charge is 0.360 e. The molecule has 2 aromatic heterocycles. The molecule has 0 bridgehead atoms. The Labute approximate surface area is 85.3 Å². The predicted molar refractivity (Wildman–Crippen MR) is 51.9 cm³/mol. The summed E-state index contributed by atoms with van der Waals surface area (Å²) in [7, 11) is 0. The first-order valence-corrected chi connectivity index (χ1v) is 5.16. The zero-order chi connectivity index (χ0) is 9.97. The number of nitrogens with one attached hydrogen (secondary N) is 1. The van der Waals surface area contributed by atoms with E-state index in [0.29, 0.717) is 5.75 Å². The molecule has 0 aliphatic heterocycles. The van der Waals surface area contributed by atoms with Crippen LogP contribution < -0.4 is 0 Å². The van der Waals surface area contributed by atoms with Gasteiger partial charge in [-0.3, -0.25) is 5.10 Å². The van der Waals surface area contributed by atoms with Crippen molar-refractivity contribution in [2.75, 3.05) is 0 Å². The van der Waals surface area contributed by atoms with E-state index < -0.39 is 0 Å². The fourth-order valence-electron chi connectivity index (χ4n) is 1.01. The lowest BCUT2D eigenvalue weighted by Crippen LogP contribution is -1.78. The average Bonchev–Trinajstić information content (AvgIpc) is 2.72. The first-order chi connectivity index (χ1) is 6.74. The molecule has 2 aromatic rings. The minimum absolute atomic E-state index is 0.706. The normalized spacial score (nSPS) is 10.7. The third kappa shape index (κ3) is 2.14.